The summed E-state index contributed by atoms with van der Waals surface area (Å²) in [4.78, 5) is 24.2. The average molecular weight is 503 g/mol. The Kier molecular flexibility index (Phi) is 8.06. The highest BCUT2D eigenvalue weighted by Crippen LogP contribution is 2.27. The minimum atomic E-state index is -3.01. The zero-order valence-electron chi connectivity index (χ0n) is 19.9. The number of hydrogen-bond donors (Lipinski definition) is 4. The number of anilines is 1. The van der Waals surface area contributed by atoms with Gasteiger partial charge in [0, 0.05) is 36.5 Å². The number of halogens is 2. The summed E-state index contributed by atoms with van der Waals surface area (Å²) in [6.45, 7) is 2.41. The number of carbonyl (C=O) groups excluding carboxylic acids is 1. The van der Waals surface area contributed by atoms with E-state index >= 15 is 0 Å². The lowest BCUT2D eigenvalue weighted by Gasteiger charge is -2.23. The summed E-state index contributed by atoms with van der Waals surface area (Å²) in [5.41, 5.74) is 1.88. The molecule has 0 spiro atoms. The highest BCUT2D eigenvalue weighted by molar-refractivity contribution is 6.14. The Morgan fingerprint density at radius 3 is 2.78 bits per heavy atom. The first kappa shape index (κ1) is 25.5. The lowest BCUT2D eigenvalue weighted by molar-refractivity contribution is -0.179. The molecule has 0 aliphatic carbocycles. The monoisotopic (exact) mass is 502 g/mol. The van der Waals surface area contributed by atoms with Crippen molar-refractivity contribution in [3.8, 4) is 5.75 Å². The van der Waals surface area contributed by atoms with Gasteiger partial charge in [-0.1, -0.05) is 0 Å². The van der Waals surface area contributed by atoms with Crippen LogP contribution in [-0.2, 0) is 9.47 Å². The van der Waals surface area contributed by atoms with Gasteiger partial charge in [0.2, 0.25) is 0 Å². The summed E-state index contributed by atoms with van der Waals surface area (Å²) in [7, 11) is 0. The van der Waals surface area contributed by atoms with Gasteiger partial charge in [-0.25, -0.2) is 9.97 Å². The van der Waals surface area contributed by atoms with Gasteiger partial charge in [-0.05, 0) is 38.5 Å². The minimum Gasteiger partial charge on any atom is -0.435 e. The molecule has 2 aromatic heterocycles. The number of rotatable bonds is 10. The molecule has 36 heavy (non-hydrogen) atoms. The van der Waals surface area contributed by atoms with Crippen LogP contribution in [0.1, 0.15) is 48.3 Å². The standard InChI is InChI=1S/C24H28F2N6O4/c1-13(2)31-23(33)16-11-29-22-21(16)32-18(12-30-22)20(27)15-10-14(36-24(25)26)4-5-17(15)28-7-6-19-34-8-3-9-35-19/h4-5,10-13,19,24,27-28H,3,6-9H2,1-2H3,(H,29,30)(H,31,33). The van der Waals surface area contributed by atoms with Gasteiger partial charge in [0.15, 0.2) is 11.9 Å². The van der Waals surface area contributed by atoms with E-state index in [-0.39, 0.29) is 41.0 Å². The maximum atomic E-state index is 12.9. The van der Waals surface area contributed by atoms with Crippen molar-refractivity contribution in [1.82, 2.24) is 20.3 Å². The third kappa shape index (κ3) is 6.13. The van der Waals surface area contributed by atoms with E-state index in [9.17, 15) is 13.6 Å². The van der Waals surface area contributed by atoms with Crippen LogP contribution in [0.4, 0.5) is 14.5 Å². The first-order chi connectivity index (χ1) is 17.3. The summed E-state index contributed by atoms with van der Waals surface area (Å²) >= 11 is 0. The van der Waals surface area contributed by atoms with Crippen LogP contribution in [0.3, 0.4) is 0 Å². The molecule has 3 aromatic rings. The number of aromatic nitrogens is 3. The lowest BCUT2D eigenvalue weighted by atomic mass is 10.0. The zero-order chi connectivity index (χ0) is 25.7. The molecule has 0 unspecified atom stereocenters. The van der Waals surface area contributed by atoms with Gasteiger partial charge < -0.3 is 29.8 Å². The van der Waals surface area contributed by atoms with Crippen molar-refractivity contribution in [3.05, 3.63) is 47.4 Å². The Labute approximate surface area is 206 Å². The summed E-state index contributed by atoms with van der Waals surface area (Å²) in [5.74, 6) is -0.419. The largest absolute Gasteiger partial charge is 0.435 e. The van der Waals surface area contributed by atoms with E-state index in [1.54, 1.807) is 6.07 Å². The molecular weight excluding hydrogens is 474 g/mol. The molecule has 1 aliphatic heterocycles. The van der Waals surface area contributed by atoms with E-state index in [1.807, 2.05) is 13.8 Å². The van der Waals surface area contributed by atoms with Crippen LogP contribution >= 0.6 is 0 Å². The molecule has 0 saturated carbocycles. The van der Waals surface area contributed by atoms with Gasteiger partial charge in [-0.15, -0.1) is 0 Å². The maximum Gasteiger partial charge on any atom is 0.387 e. The summed E-state index contributed by atoms with van der Waals surface area (Å²) in [5, 5.41) is 14.8. The van der Waals surface area contributed by atoms with Crippen molar-refractivity contribution in [3.63, 3.8) is 0 Å². The fraction of sp³-hybridized carbons (Fsp3) is 0.417. The number of alkyl halides is 2. The first-order valence-corrected chi connectivity index (χ1v) is 11.6. The SMILES string of the molecule is CC(C)NC(=O)c1c[nH]c2ncc(C(=N)c3cc(OC(F)F)ccc3NCCC3OCCCO3)nc12. The van der Waals surface area contributed by atoms with E-state index in [2.05, 4.69) is 30.3 Å². The normalized spacial score (nSPS) is 14.4. The lowest BCUT2D eigenvalue weighted by Crippen LogP contribution is -2.30. The second kappa shape index (κ2) is 11.4. The van der Waals surface area contributed by atoms with E-state index < -0.39 is 6.61 Å². The van der Waals surface area contributed by atoms with Crippen molar-refractivity contribution in [2.24, 2.45) is 0 Å². The van der Waals surface area contributed by atoms with Crippen LogP contribution in [0.25, 0.3) is 11.2 Å². The number of benzene rings is 1. The zero-order valence-corrected chi connectivity index (χ0v) is 19.9. The third-order valence-electron chi connectivity index (χ3n) is 5.38. The topological polar surface area (TPSA) is 134 Å². The van der Waals surface area contributed by atoms with Crippen LogP contribution in [0, 0.1) is 5.41 Å². The summed E-state index contributed by atoms with van der Waals surface area (Å²) in [6, 6.07) is 4.23. The van der Waals surface area contributed by atoms with Crippen molar-refractivity contribution in [2.45, 2.75) is 45.6 Å². The Hall–Kier alpha value is -3.64. The molecular formula is C24H28F2N6O4. The molecule has 3 heterocycles. The van der Waals surface area contributed by atoms with Gasteiger partial charge in [0.05, 0.1) is 30.7 Å². The van der Waals surface area contributed by atoms with E-state index in [1.165, 1.54) is 24.5 Å². The number of amides is 1. The molecule has 1 saturated heterocycles. The predicted octanol–water partition coefficient (Wildman–Crippen LogP) is 3.68. The second-order valence-electron chi connectivity index (χ2n) is 8.48. The Bertz CT molecular complexity index is 1230. The minimum absolute atomic E-state index is 0.0757. The molecule has 4 rings (SSSR count). The van der Waals surface area contributed by atoms with Gasteiger partial charge >= 0.3 is 6.61 Å². The van der Waals surface area contributed by atoms with Crippen LogP contribution in [-0.4, -0.2) is 65.3 Å². The van der Waals surface area contributed by atoms with Gasteiger partial charge in [-0.3, -0.25) is 10.2 Å². The quantitative estimate of drug-likeness (QED) is 0.311. The van der Waals surface area contributed by atoms with Crippen molar-refractivity contribution >= 4 is 28.5 Å². The smallest absolute Gasteiger partial charge is 0.387 e. The van der Waals surface area contributed by atoms with Crippen LogP contribution in [0.15, 0.2) is 30.6 Å². The predicted molar refractivity (Wildman–Crippen MR) is 129 cm³/mol. The second-order valence-corrected chi connectivity index (χ2v) is 8.48. The number of nitrogens with one attached hydrogen (secondary N) is 4. The average Bonchev–Trinajstić information content (AvgIpc) is 3.28. The molecule has 1 aliphatic rings. The van der Waals surface area contributed by atoms with Gasteiger partial charge in [-0.2, -0.15) is 8.78 Å². The summed E-state index contributed by atoms with van der Waals surface area (Å²) < 4.78 is 41.4. The molecule has 1 aromatic carbocycles. The van der Waals surface area contributed by atoms with E-state index in [0.717, 1.165) is 6.42 Å². The number of hydrogen-bond acceptors (Lipinski definition) is 8. The number of fused-ring (bicyclic) bond motifs is 1. The number of carbonyl (C=O) groups is 1. The first-order valence-electron chi connectivity index (χ1n) is 11.6. The van der Waals surface area contributed by atoms with Crippen molar-refractivity contribution < 1.29 is 27.8 Å². The molecule has 10 nitrogen and oxygen atoms in total. The fourth-order valence-electron chi connectivity index (χ4n) is 3.75. The molecule has 0 radical (unpaired) electrons. The Morgan fingerprint density at radius 2 is 2.06 bits per heavy atom. The maximum absolute atomic E-state index is 12.9. The third-order valence-corrected chi connectivity index (χ3v) is 5.38. The number of aromatic amines is 1. The highest BCUT2D eigenvalue weighted by atomic mass is 19.3. The van der Waals surface area contributed by atoms with Crippen LogP contribution < -0.4 is 15.4 Å². The van der Waals surface area contributed by atoms with Crippen molar-refractivity contribution in [2.75, 3.05) is 25.1 Å². The molecule has 4 N–H and O–H groups in total. The number of ether oxygens (including phenoxy) is 3. The highest BCUT2D eigenvalue weighted by Gasteiger charge is 2.20. The van der Waals surface area contributed by atoms with Crippen LogP contribution in [0.2, 0.25) is 0 Å². The van der Waals surface area contributed by atoms with Gasteiger partial charge in [0.25, 0.3) is 5.91 Å². The van der Waals surface area contributed by atoms with E-state index in [0.29, 0.717) is 48.6 Å². The van der Waals surface area contributed by atoms with E-state index in [4.69, 9.17) is 14.9 Å². The molecule has 1 amide bonds. The number of H-pyrrole nitrogens is 1. The van der Waals surface area contributed by atoms with Crippen molar-refractivity contribution in [1.29, 1.82) is 5.41 Å². The number of nitrogens with zero attached hydrogens (tertiary/aromatic N) is 2. The molecule has 192 valence electrons. The molecule has 1 fully saturated rings. The Balaban J connectivity index is 1.61. The van der Waals surface area contributed by atoms with Crippen LogP contribution in [0.5, 0.6) is 5.75 Å². The molecule has 0 bridgehead atoms. The summed E-state index contributed by atoms with van der Waals surface area (Å²) in [6.07, 6.45) is 3.98. The van der Waals surface area contributed by atoms with Gasteiger partial charge in [0.1, 0.15) is 17.0 Å². The molecule has 12 heteroatoms. The Morgan fingerprint density at radius 1 is 1.28 bits per heavy atom. The fourth-order valence-corrected chi connectivity index (χ4v) is 3.75. The molecule has 0 atom stereocenters.